The summed E-state index contributed by atoms with van der Waals surface area (Å²) in [6.07, 6.45) is -10.9. The maximum atomic E-state index is 13.5. The number of benzene rings is 3. The van der Waals surface area contributed by atoms with Crippen LogP contribution in [-0.2, 0) is 22.4 Å². The number of imide groups is 1. The van der Waals surface area contributed by atoms with E-state index < -0.39 is 35.1 Å². The Morgan fingerprint density at radius 2 is 1.58 bits per heavy atom. The number of aliphatic hydroxyl groups is 1. The van der Waals surface area contributed by atoms with E-state index in [-0.39, 0.29) is 37.1 Å². The van der Waals surface area contributed by atoms with Gasteiger partial charge in [0.1, 0.15) is 17.0 Å². The average Bonchev–Trinajstić information content (AvgIpc) is 3.23. The van der Waals surface area contributed by atoms with E-state index in [9.17, 15) is 41.0 Å². The summed E-state index contributed by atoms with van der Waals surface area (Å²) in [6, 6.07) is 15.6. The van der Waals surface area contributed by atoms with Crippen molar-refractivity contribution in [1.82, 2.24) is 10.2 Å². The zero-order valence-electron chi connectivity index (χ0n) is 26.3. The average molecular weight is 793 g/mol. The molecule has 1 aliphatic heterocycles. The van der Waals surface area contributed by atoms with E-state index in [4.69, 9.17) is 9.47 Å². The van der Waals surface area contributed by atoms with Crippen LogP contribution in [0.2, 0.25) is 0 Å². The first-order valence-electron chi connectivity index (χ1n) is 15.1. The lowest BCUT2D eigenvalue weighted by atomic mass is 9.87. The van der Waals surface area contributed by atoms with E-state index in [1.165, 1.54) is 0 Å². The predicted molar refractivity (Wildman–Crippen MR) is 175 cm³/mol. The second-order valence-electron chi connectivity index (χ2n) is 11.8. The number of hydrogen-bond donors (Lipinski definition) is 2. The molecular formula is C34H35F6IN2O5. The molecule has 7 nitrogen and oxygen atoms in total. The van der Waals surface area contributed by atoms with E-state index in [1.807, 2.05) is 36.4 Å². The van der Waals surface area contributed by atoms with Gasteiger partial charge < -0.3 is 19.9 Å². The smallest absolute Gasteiger partial charge is 0.430 e. The Hall–Kier alpha value is -3.53. The lowest BCUT2D eigenvalue weighted by Crippen LogP contribution is -2.53. The van der Waals surface area contributed by atoms with E-state index in [0.29, 0.717) is 51.5 Å². The first kappa shape index (κ1) is 37.3. The number of rotatable bonds is 13. The molecule has 14 heteroatoms. The van der Waals surface area contributed by atoms with Crippen molar-refractivity contribution in [2.75, 3.05) is 17.6 Å². The highest BCUT2D eigenvalue weighted by atomic mass is 127. The lowest BCUT2D eigenvalue weighted by molar-refractivity contribution is -0.376. The van der Waals surface area contributed by atoms with Crippen molar-refractivity contribution in [3.8, 4) is 22.6 Å². The Balaban J connectivity index is 1.39. The maximum absolute atomic E-state index is 13.5. The van der Waals surface area contributed by atoms with Gasteiger partial charge in [-0.05, 0) is 86.6 Å². The summed E-state index contributed by atoms with van der Waals surface area (Å²) in [6.45, 7) is 5.82. The molecule has 0 bridgehead atoms. The minimum atomic E-state index is -5.98. The fraction of sp³-hybridized carbons (Fsp3) is 0.412. The summed E-state index contributed by atoms with van der Waals surface area (Å²) in [4.78, 5) is 27.1. The molecule has 0 saturated carbocycles. The molecule has 1 saturated heterocycles. The van der Waals surface area contributed by atoms with Crippen LogP contribution in [0.1, 0.15) is 50.3 Å². The van der Waals surface area contributed by atoms with Crippen molar-refractivity contribution in [3.05, 3.63) is 83.4 Å². The number of alkyl halides is 7. The van der Waals surface area contributed by atoms with Crippen LogP contribution in [0.15, 0.2) is 66.7 Å². The molecule has 1 unspecified atom stereocenters. The zero-order chi connectivity index (χ0) is 35.5. The maximum Gasteiger partial charge on any atom is 0.430 e. The Labute approximate surface area is 287 Å². The third kappa shape index (κ3) is 7.69. The van der Waals surface area contributed by atoms with Crippen LogP contribution >= 0.6 is 22.6 Å². The quantitative estimate of drug-likeness (QED) is 0.0602. The highest BCUT2D eigenvalue weighted by Crippen LogP contribution is 2.50. The normalized spacial score (nSPS) is 17.2. The monoisotopic (exact) mass is 792 g/mol. The molecule has 260 valence electrons. The van der Waals surface area contributed by atoms with Crippen molar-refractivity contribution in [2.45, 2.75) is 69.6 Å². The molecule has 1 fully saturated rings. The summed E-state index contributed by atoms with van der Waals surface area (Å²) in [7, 11) is 0. The van der Waals surface area contributed by atoms with Crippen molar-refractivity contribution >= 4 is 34.5 Å². The first-order chi connectivity index (χ1) is 22.4. The summed E-state index contributed by atoms with van der Waals surface area (Å²) in [5, 5.41) is 12.7. The second-order valence-corrected chi connectivity index (χ2v) is 12.9. The Kier molecular flexibility index (Phi) is 11.3. The van der Waals surface area contributed by atoms with Crippen molar-refractivity contribution in [2.24, 2.45) is 0 Å². The van der Waals surface area contributed by atoms with Crippen LogP contribution in [0.4, 0.5) is 31.1 Å². The van der Waals surface area contributed by atoms with E-state index in [2.05, 4.69) is 5.32 Å². The van der Waals surface area contributed by atoms with Crippen molar-refractivity contribution < 1.29 is 50.5 Å². The first-order valence-corrected chi connectivity index (χ1v) is 16.6. The number of ether oxygens (including phenoxy) is 2. The molecule has 3 aromatic carbocycles. The highest BCUT2D eigenvalue weighted by Gasteiger charge is 2.71. The molecule has 1 aliphatic rings. The van der Waals surface area contributed by atoms with Crippen LogP contribution < -0.4 is 14.8 Å². The molecule has 0 radical (unpaired) electrons. The van der Waals surface area contributed by atoms with Crippen LogP contribution in [0.5, 0.6) is 11.5 Å². The fourth-order valence-electron chi connectivity index (χ4n) is 5.45. The van der Waals surface area contributed by atoms with Crippen LogP contribution in [0.3, 0.4) is 0 Å². The third-order valence-electron chi connectivity index (χ3n) is 7.98. The Morgan fingerprint density at radius 1 is 0.917 bits per heavy atom. The number of carbonyl (C=O) groups excluding carboxylic acids is 2. The molecule has 2 N–H and O–H groups in total. The molecular weight excluding hydrogens is 757 g/mol. The third-order valence-corrected chi connectivity index (χ3v) is 8.51. The van der Waals surface area contributed by atoms with Gasteiger partial charge in [-0.25, -0.2) is 4.79 Å². The standard InChI is InChI=1S/C34H35F6IN2O5/c1-21(2)48-26-12-9-24(10-13-26)31(3)29(44)43(30(45)42-31)17-4-5-18-47-27-8-6-7-22(20-27)28-14-11-25(19-23(28)15-16-41)32(46,33(35,36)37)34(38,39)40/h6-14,19-21,46H,4-5,15-18H2,1-3H3,(H,42,45). The zero-order valence-corrected chi connectivity index (χ0v) is 28.5. The SMILES string of the molecule is CC(C)Oc1ccc(C2(C)NC(=O)N(CCCCOc3cccc(-c4ccc(C(O)(C(F)(F)F)C(F)(F)F)cc4CCI)c3)C2=O)cc1. The molecule has 48 heavy (non-hydrogen) atoms. The number of amides is 3. The topological polar surface area (TPSA) is 88.1 Å². The minimum Gasteiger partial charge on any atom is -0.494 e. The van der Waals surface area contributed by atoms with E-state index in [0.717, 1.165) is 17.0 Å². The molecule has 0 aliphatic carbocycles. The van der Waals surface area contributed by atoms with Gasteiger partial charge in [-0.1, -0.05) is 65.1 Å². The van der Waals surface area contributed by atoms with Gasteiger partial charge in [0.15, 0.2) is 0 Å². The Bertz CT molecular complexity index is 1600. The molecule has 0 spiro atoms. The molecule has 1 heterocycles. The molecule has 3 aromatic rings. The number of nitrogens with zero attached hydrogens (tertiary/aromatic N) is 1. The van der Waals surface area contributed by atoms with Gasteiger partial charge in [-0.2, -0.15) is 26.3 Å². The highest BCUT2D eigenvalue weighted by molar-refractivity contribution is 14.1. The van der Waals surface area contributed by atoms with Crippen molar-refractivity contribution in [1.29, 1.82) is 0 Å². The molecule has 0 aromatic heterocycles. The number of urea groups is 1. The summed E-state index contributed by atoms with van der Waals surface area (Å²) in [5.41, 5.74) is -5.83. The summed E-state index contributed by atoms with van der Waals surface area (Å²) < 4.78 is 92.9. The fourth-order valence-corrected chi connectivity index (χ4v) is 6.03. The number of halogens is 7. The largest absolute Gasteiger partial charge is 0.494 e. The van der Waals surface area contributed by atoms with E-state index >= 15 is 0 Å². The van der Waals surface area contributed by atoms with Crippen LogP contribution in [0, 0.1) is 0 Å². The Morgan fingerprint density at radius 3 is 2.19 bits per heavy atom. The number of aryl methyl sites for hydroxylation is 1. The summed E-state index contributed by atoms with van der Waals surface area (Å²) in [5.74, 6) is 0.678. The van der Waals surface area contributed by atoms with Gasteiger partial charge >= 0.3 is 18.4 Å². The van der Waals surface area contributed by atoms with Crippen molar-refractivity contribution in [3.63, 3.8) is 0 Å². The molecule has 3 amide bonds. The second kappa shape index (κ2) is 14.5. The number of hydrogen-bond acceptors (Lipinski definition) is 5. The number of unbranched alkanes of at least 4 members (excludes halogenated alkanes) is 1. The lowest BCUT2D eigenvalue weighted by Gasteiger charge is -2.33. The predicted octanol–water partition coefficient (Wildman–Crippen LogP) is 8.06. The van der Waals surface area contributed by atoms with Gasteiger partial charge in [0.25, 0.3) is 11.5 Å². The van der Waals surface area contributed by atoms with Gasteiger partial charge in [0.05, 0.1) is 12.7 Å². The van der Waals surface area contributed by atoms with Crippen LogP contribution in [0.25, 0.3) is 11.1 Å². The number of nitrogens with one attached hydrogen (secondary N) is 1. The molecule has 4 rings (SSSR count). The van der Waals surface area contributed by atoms with Gasteiger partial charge in [-0.3, -0.25) is 9.69 Å². The van der Waals surface area contributed by atoms with E-state index in [1.54, 1.807) is 55.5 Å². The number of carbonyl (C=O) groups is 2. The molecule has 1 atom stereocenters. The minimum absolute atomic E-state index is 0.0123. The van der Waals surface area contributed by atoms with Gasteiger partial charge in [0.2, 0.25) is 0 Å². The van der Waals surface area contributed by atoms with Crippen LogP contribution in [-0.4, -0.2) is 58.0 Å². The van der Waals surface area contributed by atoms with Gasteiger partial charge in [0, 0.05) is 16.5 Å². The summed E-state index contributed by atoms with van der Waals surface area (Å²) >= 11 is 1.96. The van der Waals surface area contributed by atoms with Gasteiger partial charge in [-0.15, -0.1) is 0 Å².